The van der Waals surface area contributed by atoms with Crippen LogP contribution in [-0.4, -0.2) is 28.2 Å². The molecule has 24 rings (SSSR count). The molecule has 0 aliphatic heterocycles. The molecule has 0 atom stereocenters. The summed E-state index contributed by atoms with van der Waals surface area (Å²) in [5.74, 6) is 0. The fourth-order valence-corrected chi connectivity index (χ4v) is 19.8. The Labute approximate surface area is 614 Å². The first kappa shape index (κ1) is 59.1. The van der Waals surface area contributed by atoms with Crippen molar-refractivity contribution in [1.82, 2.24) is 28.2 Å². The lowest BCUT2D eigenvalue weighted by Gasteiger charge is -2.14. The molecular weight excluding hydrogens is 1330 g/mol. The van der Waals surface area contributed by atoms with Gasteiger partial charge >= 0.3 is 0 Å². The van der Waals surface area contributed by atoms with Gasteiger partial charge in [-0.1, -0.05) is 231 Å². The van der Waals surface area contributed by atoms with E-state index in [1.54, 1.807) is 0 Å². The van der Waals surface area contributed by atoms with E-state index in [-0.39, 0.29) is 0 Å². The van der Waals surface area contributed by atoms with Gasteiger partial charge in [-0.25, -0.2) is 9.97 Å². The zero-order valence-corrected chi connectivity index (χ0v) is 58.6. The zero-order valence-electron chi connectivity index (χ0n) is 57.0. The van der Waals surface area contributed by atoms with Crippen LogP contribution >= 0.6 is 22.7 Å². The summed E-state index contributed by atoms with van der Waals surface area (Å²) in [6, 6.07) is 128. The number of hydrogen-bond acceptors (Lipinski definition) is 4. The third kappa shape index (κ3) is 8.77. The van der Waals surface area contributed by atoms with Crippen LogP contribution in [0.25, 0.3) is 216 Å². The number of rotatable bonds is 6. The minimum atomic E-state index is 1.01. The van der Waals surface area contributed by atoms with Crippen LogP contribution in [0.5, 0.6) is 0 Å². The van der Waals surface area contributed by atoms with Crippen LogP contribution in [0.15, 0.2) is 352 Å². The quantitative estimate of drug-likeness (QED) is 0.167. The van der Waals surface area contributed by atoms with Crippen LogP contribution in [-0.2, 0) is 0 Å². The van der Waals surface area contributed by atoms with Crippen LogP contribution in [0.4, 0.5) is 0 Å². The van der Waals surface area contributed by atoms with Crippen LogP contribution in [0.2, 0.25) is 0 Å². The lowest BCUT2D eigenvalue weighted by Crippen LogP contribution is -1.98. The number of aromatic nitrogens is 6. The van der Waals surface area contributed by atoms with Crippen molar-refractivity contribution < 1.29 is 0 Å². The van der Waals surface area contributed by atoms with E-state index in [0.29, 0.717) is 0 Å². The van der Waals surface area contributed by atoms with Crippen molar-refractivity contribution in [2.75, 3.05) is 0 Å². The van der Waals surface area contributed by atoms with E-state index in [1.165, 1.54) is 183 Å². The molecule has 0 aliphatic rings. The number of hydrogen-bond donors (Lipinski definition) is 0. The van der Waals surface area contributed by atoms with Gasteiger partial charge in [0, 0.05) is 90.8 Å². The Balaban J connectivity index is 0.000000129. The third-order valence-electron chi connectivity index (χ3n) is 22.1. The summed E-state index contributed by atoms with van der Waals surface area (Å²) in [6.45, 7) is 0. The molecule has 0 fully saturated rings. The normalized spacial score (nSPS) is 12.2. The maximum absolute atomic E-state index is 5.28. The Hall–Kier alpha value is -13.5. The maximum atomic E-state index is 5.28. The predicted octanol–water partition coefficient (Wildman–Crippen LogP) is 27.2. The van der Waals surface area contributed by atoms with E-state index in [0.717, 1.165) is 32.8 Å². The van der Waals surface area contributed by atoms with Gasteiger partial charge in [0.1, 0.15) is 0 Å². The molecule has 8 aromatic heterocycles. The van der Waals surface area contributed by atoms with Crippen molar-refractivity contribution >= 4 is 194 Å². The van der Waals surface area contributed by atoms with E-state index in [2.05, 4.69) is 370 Å². The average Bonchev–Trinajstić information content (AvgIpc) is 1.55. The van der Waals surface area contributed by atoms with Crippen LogP contribution in [0.1, 0.15) is 0 Å². The van der Waals surface area contributed by atoms with E-state index >= 15 is 0 Å². The second kappa shape index (κ2) is 23.0. The highest BCUT2D eigenvalue weighted by molar-refractivity contribution is 7.26. The number of thiophene rings is 2. The van der Waals surface area contributed by atoms with E-state index in [4.69, 9.17) is 9.97 Å². The van der Waals surface area contributed by atoms with Crippen LogP contribution in [0.3, 0.4) is 0 Å². The highest BCUT2D eigenvalue weighted by Crippen LogP contribution is 2.49. The molecule has 0 amide bonds. The third-order valence-corrected chi connectivity index (χ3v) is 24.5. The van der Waals surface area contributed by atoms with Crippen molar-refractivity contribution in [3.05, 3.63) is 352 Å². The molecular formula is C98H58N6S2. The lowest BCUT2D eigenvalue weighted by atomic mass is 10.00. The second-order valence-electron chi connectivity index (χ2n) is 27.9. The summed E-state index contributed by atoms with van der Waals surface area (Å²) >= 11 is 3.68. The van der Waals surface area contributed by atoms with E-state index < -0.39 is 0 Å². The molecule has 24 aromatic rings. The first-order valence-electron chi connectivity index (χ1n) is 36.1. The smallest absolute Gasteiger partial charge is 0.0917 e. The average molecular weight is 1380 g/mol. The van der Waals surface area contributed by atoms with Crippen molar-refractivity contribution in [2.24, 2.45) is 0 Å². The highest BCUT2D eigenvalue weighted by Gasteiger charge is 2.26. The monoisotopic (exact) mass is 1380 g/mol. The van der Waals surface area contributed by atoms with Crippen LogP contribution in [0, 0.1) is 0 Å². The largest absolute Gasteiger partial charge is 0.309 e. The molecule has 0 radical (unpaired) electrons. The summed E-state index contributed by atoms with van der Waals surface area (Å²) in [5.41, 5.74) is 23.4. The minimum Gasteiger partial charge on any atom is -0.309 e. The van der Waals surface area contributed by atoms with Gasteiger partial charge in [-0.05, 0) is 160 Å². The van der Waals surface area contributed by atoms with Gasteiger partial charge in [0.2, 0.25) is 0 Å². The molecule has 0 saturated carbocycles. The zero-order chi connectivity index (χ0) is 69.2. The van der Waals surface area contributed by atoms with Gasteiger partial charge in [-0.15, -0.1) is 22.7 Å². The topological polar surface area (TPSA) is 45.5 Å². The number of benzene rings is 16. The van der Waals surface area contributed by atoms with Gasteiger partial charge in [-0.2, -0.15) is 0 Å². The minimum absolute atomic E-state index is 1.01. The summed E-state index contributed by atoms with van der Waals surface area (Å²) < 4.78 is 14.7. The summed E-state index contributed by atoms with van der Waals surface area (Å²) in [5, 5.41) is 19.7. The molecule has 492 valence electrons. The van der Waals surface area contributed by atoms with Crippen molar-refractivity contribution in [3.63, 3.8) is 0 Å². The summed E-state index contributed by atoms with van der Waals surface area (Å²) in [7, 11) is 0. The van der Waals surface area contributed by atoms with Gasteiger partial charge in [0.15, 0.2) is 0 Å². The van der Waals surface area contributed by atoms with Crippen molar-refractivity contribution in [2.45, 2.75) is 0 Å². The Bertz CT molecular complexity index is 7840. The fourth-order valence-electron chi connectivity index (χ4n) is 17.4. The van der Waals surface area contributed by atoms with Crippen LogP contribution < -0.4 is 0 Å². The summed E-state index contributed by atoms with van der Waals surface area (Å²) in [6.07, 6.45) is 0. The first-order chi connectivity index (χ1) is 52.6. The fraction of sp³-hybridized carbons (Fsp3) is 0. The molecule has 0 saturated heterocycles. The van der Waals surface area contributed by atoms with Gasteiger partial charge in [-0.3, -0.25) is 0 Å². The molecule has 8 heteroatoms. The Morgan fingerprint density at radius 3 is 1.10 bits per heavy atom. The maximum Gasteiger partial charge on any atom is 0.0917 e. The van der Waals surface area contributed by atoms with Gasteiger partial charge in [0.05, 0.1) is 87.0 Å². The SMILES string of the molecule is c1ccc(-n2c3ccc(-c4ccc5c(c4)c4ccccc4n5-c4c5ccccc5nc5c4sc4ccccc45)cc3c3cc4ccccc4cc32)cc1.c1ccc(-n2c3ccccc3c3cc(-c4ccc5c(c4)c4ccc6ccccc6c4n5-c4c5ccccc5nc5c4sc4ccccc45)ccc32)cc1. The van der Waals surface area contributed by atoms with E-state index in [1.807, 2.05) is 22.7 Å². The molecule has 0 aliphatic carbocycles. The van der Waals surface area contributed by atoms with Crippen molar-refractivity contribution in [1.29, 1.82) is 0 Å². The predicted molar refractivity (Wildman–Crippen MR) is 453 cm³/mol. The molecule has 16 aromatic carbocycles. The van der Waals surface area contributed by atoms with E-state index in [9.17, 15) is 0 Å². The first-order valence-corrected chi connectivity index (χ1v) is 37.7. The number of fused-ring (bicyclic) bond motifs is 23. The van der Waals surface area contributed by atoms with Gasteiger partial charge < -0.3 is 18.3 Å². The van der Waals surface area contributed by atoms with Crippen molar-refractivity contribution in [3.8, 4) is 45.0 Å². The molecule has 0 unspecified atom stereocenters. The number of nitrogens with zero attached hydrogens (tertiary/aromatic N) is 6. The Kier molecular flexibility index (Phi) is 12.8. The number of para-hydroxylation sites is 6. The number of pyridine rings is 2. The highest BCUT2D eigenvalue weighted by atomic mass is 32.1. The second-order valence-corrected chi connectivity index (χ2v) is 30.0. The Morgan fingerprint density at radius 2 is 0.566 bits per heavy atom. The Morgan fingerprint density at radius 1 is 0.208 bits per heavy atom. The standard InChI is InChI=1S/2C49H29N3S/c1-2-14-34(15-3-1)51-43-24-22-33(28-39(43)40-26-30-12-4-5-13-31(30)29-45(40)51)32-23-25-44-38(27-32)35-16-7-10-20-42(35)52(44)48-36-17-6-9-19-41(36)50-47-37-18-8-11-21-46(37)53-49(47)48;1-2-13-33(14-3-1)51-42-20-10-7-16-35(42)39-28-31(23-26-43(39)51)32-24-27-44-40(29-32)36-25-22-30-12-4-5-15-34(30)47(36)52(44)48-37-17-6-9-19-41(37)50-46-38-18-8-11-21-45(38)53-49(46)48/h2*1-29H. The lowest BCUT2D eigenvalue weighted by molar-refractivity contribution is 1.18. The molecule has 0 N–H and O–H groups in total. The molecule has 6 nitrogen and oxygen atoms in total. The van der Waals surface area contributed by atoms with Gasteiger partial charge in [0.25, 0.3) is 0 Å². The molecule has 106 heavy (non-hydrogen) atoms. The molecule has 8 heterocycles. The molecule has 0 spiro atoms. The summed E-state index contributed by atoms with van der Waals surface area (Å²) in [4.78, 5) is 10.5. The molecule has 0 bridgehead atoms.